The minimum atomic E-state index is -0.591. The van der Waals surface area contributed by atoms with Gasteiger partial charge in [0.05, 0.1) is 10.4 Å². The Morgan fingerprint density at radius 2 is 1.55 bits per heavy atom. The van der Waals surface area contributed by atoms with E-state index < -0.39 is 5.41 Å². The number of aryl methyl sites for hydroxylation is 2. The maximum Gasteiger partial charge on any atom is 0.174 e. The highest BCUT2D eigenvalue weighted by Gasteiger charge is 2.31. The van der Waals surface area contributed by atoms with Crippen LogP contribution in [0.5, 0.6) is 0 Å². The molecule has 0 saturated heterocycles. The first-order valence-corrected chi connectivity index (χ1v) is 7.09. The molecular formula is C18H19ClO. The van der Waals surface area contributed by atoms with Gasteiger partial charge in [0, 0.05) is 5.56 Å². The molecule has 0 fully saturated rings. The van der Waals surface area contributed by atoms with Crippen LogP contribution in [0.15, 0.2) is 42.5 Å². The van der Waals surface area contributed by atoms with E-state index in [-0.39, 0.29) is 5.78 Å². The highest BCUT2D eigenvalue weighted by atomic mass is 35.5. The van der Waals surface area contributed by atoms with Gasteiger partial charge >= 0.3 is 0 Å². The van der Waals surface area contributed by atoms with Crippen LogP contribution >= 0.6 is 11.6 Å². The minimum Gasteiger partial charge on any atom is -0.293 e. The van der Waals surface area contributed by atoms with Gasteiger partial charge in [-0.15, -0.1) is 0 Å². The summed E-state index contributed by atoms with van der Waals surface area (Å²) in [6.07, 6.45) is 0. The van der Waals surface area contributed by atoms with Crippen molar-refractivity contribution in [3.63, 3.8) is 0 Å². The molecule has 0 atom stereocenters. The fourth-order valence-electron chi connectivity index (χ4n) is 2.28. The van der Waals surface area contributed by atoms with Crippen LogP contribution in [0.2, 0.25) is 5.02 Å². The first-order chi connectivity index (χ1) is 9.34. The number of hydrogen-bond donors (Lipinski definition) is 0. The molecule has 0 spiro atoms. The van der Waals surface area contributed by atoms with E-state index in [9.17, 15) is 4.79 Å². The topological polar surface area (TPSA) is 17.1 Å². The Balaban J connectivity index is 2.49. The fraction of sp³-hybridized carbons (Fsp3) is 0.278. The smallest absolute Gasteiger partial charge is 0.174 e. The normalized spacial score (nSPS) is 11.4. The summed E-state index contributed by atoms with van der Waals surface area (Å²) in [5, 5.41) is 0.530. The van der Waals surface area contributed by atoms with E-state index in [1.54, 1.807) is 0 Å². The monoisotopic (exact) mass is 286 g/mol. The molecular weight excluding hydrogens is 268 g/mol. The van der Waals surface area contributed by atoms with Gasteiger partial charge in [0.25, 0.3) is 0 Å². The van der Waals surface area contributed by atoms with E-state index in [0.29, 0.717) is 10.6 Å². The van der Waals surface area contributed by atoms with Crippen molar-refractivity contribution in [2.75, 3.05) is 0 Å². The first kappa shape index (κ1) is 14.8. The summed E-state index contributed by atoms with van der Waals surface area (Å²) < 4.78 is 0. The quantitative estimate of drug-likeness (QED) is 0.716. The standard InChI is InChI=1S/C18H19ClO/c1-12-10-15(16(19)11-13(12)2)17(20)18(3,4)14-8-6-5-7-9-14/h5-11H,1-4H3. The van der Waals surface area contributed by atoms with Gasteiger partial charge in [-0.05, 0) is 56.5 Å². The number of carbonyl (C=O) groups excluding carboxylic acids is 1. The minimum absolute atomic E-state index is 0.0526. The van der Waals surface area contributed by atoms with Gasteiger partial charge in [-0.1, -0.05) is 41.9 Å². The van der Waals surface area contributed by atoms with Gasteiger partial charge in [0.1, 0.15) is 0 Å². The second-order valence-corrected chi connectivity index (χ2v) is 6.14. The fourth-order valence-corrected chi connectivity index (χ4v) is 2.58. The van der Waals surface area contributed by atoms with Crippen LogP contribution in [0.1, 0.15) is 40.9 Å². The second-order valence-electron chi connectivity index (χ2n) is 5.74. The van der Waals surface area contributed by atoms with Gasteiger partial charge in [-0.25, -0.2) is 0 Å². The number of benzene rings is 2. The molecule has 20 heavy (non-hydrogen) atoms. The number of hydrogen-bond acceptors (Lipinski definition) is 1. The van der Waals surface area contributed by atoms with Gasteiger partial charge in [0.15, 0.2) is 5.78 Å². The molecule has 2 aromatic rings. The van der Waals surface area contributed by atoms with Crippen molar-refractivity contribution < 1.29 is 4.79 Å². The summed E-state index contributed by atoms with van der Waals surface area (Å²) in [5.74, 6) is 0.0526. The molecule has 0 aliphatic heterocycles. The van der Waals surface area contributed by atoms with Crippen molar-refractivity contribution in [2.45, 2.75) is 33.1 Å². The number of carbonyl (C=O) groups is 1. The highest BCUT2D eigenvalue weighted by Crippen LogP contribution is 2.31. The van der Waals surface area contributed by atoms with Crippen molar-refractivity contribution in [3.05, 3.63) is 69.7 Å². The van der Waals surface area contributed by atoms with E-state index in [4.69, 9.17) is 11.6 Å². The van der Waals surface area contributed by atoms with Crippen molar-refractivity contribution in [1.82, 2.24) is 0 Å². The molecule has 0 amide bonds. The van der Waals surface area contributed by atoms with Crippen LogP contribution in [0.3, 0.4) is 0 Å². The zero-order valence-corrected chi connectivity index (χ0v) is 13.1. The molecule has 0 radical (unpaired) electrons. The van der Waals surface area contributed by atoms with E-state index in [2.05, 4.69) is 0 Å². The third-order valence-electron chi connectivity index (χ3n) is 3.89. The number of Topliss-reactive ketones (excluding diaryl/α,β-unsaturated/α-hetero) is 1. The predicted molar refractivity (Wildman–Crippen MR) is 84.7 cm³/mol. The molecule has 0 heterocycles. The summed E-state index contributed by atoms with van der Waals surface area (Å²) in [6, 6.07) is 13.6. The summed E-state index contributed by atoms with van der Waals surface area (Å²) in [7, 11) is 0. The van der Waals surface area contributed by atoms with Gasteiger partial charge in [-0.2, -0.15) is 0 Å². The molecule has 0 saturated carbocycles. The lowest BCUT2D eigenvalue weighted by Gasteiger charge is -2.24. The maximum atomic E-state index is 12.9. The number of rotatable bonds is 3. The Bertz CT molecular complexity index is 642. The lowest BCUT2D eigenvalue weighted by molar-refractivity contribution is 0.0909. The molecule has 104 valence electrons. The summed E-state index contributed by atoms with van der Waals surface area (Å²) in [6.45, 7) is 7.88. The van der Waals surface area contributed by atoms with Crippen LogP contribution in [-0.2, 0) is 5.41 Å². The lowest BCUT2D eigenvalue weighted by Crippen LogP contribution is -2.29. The van der Waals surface area contributed by atoms with Crippen LogP contribution in [-0.4, -0.2) is 5.78 Å². The van der Waals surface area contributed by atoms with E-state index >= 15 is 0 Å². The third-order valence-corrected chi connectivity index (χ3v) is 4.20. The van der Waals surface area contributed by atoms with Crippen molar-refractivity contribution in [3.8, 4) is 0 Å². The Hall–Kier alpha value is -1.60. The summed E-state index contributed by atoms with van der Waals surface area (Å²) >= 11 is 6.27. The first-order valence-electron chi connectivity index (χ1n) is 6.71. The van der Waals surface area contributed by atoms with Crippen LogP contribution in [0, 0.1) is 13.8 Å². The molecule has 0 aromatic heterocycles. The van der Waals surface area contributed by atoms with Crippen LogP contribution < -0.4 is 0 Å². The molecule has 0 bridgehead atoms. The molecule has 0 aliphatic carbocycles. The average molecular weight is 287 g/mol. The van der Waals surface area contributed by atoms with E-state index in [0.717, 1.165) is 16.7 Å². The number of ketones is 1. The van der Waals surface area contributed by atoms with Crippen molar-refractivity contribution in [2.24, 2.45) is 0 Å². The zero-order valence-electron chi connectivity index (χ0n) is 12.3. The Morgan fingerprint density at radius 3 is 2.15 bits per heavy atom. The molecule has 0 aliphatic rings. The number of halogens is 1. The second kappa shape index (κ2) is 5.41. The molecule has 0 unspecified atom stereocenters. The van der Waals surface area contributed by atoms with Gasteiger partial charge in [-0.3, -0.25) is 4.79 Å². The maximum absolute atomic E-state index is 12.9. The third kappa shape index (κ3) is 2.64. The largest absolute Gasteiger partial charge is 0.293 e. The average Bonchev–Trinajstić information content (AvgIpc) is 2.43. The molecule has 2 aromatic carbocycles. The van der Waals surface area contributed by atoms with E-state index in [1.807, 2.05) is 70.2 Å². The predicted octanol–water partition coefficient (Wildman–Crippen LogP) is 5.12. The van der Waals surface area contributed by atoms with Crippen LogP contribution in [0.25, 0.3) is 0 Å². The molecule has 2 rings (SSSR count). The zero-order chi connectivity index (χ0) is 14.9. The SMILES string of the molecule is Cc1cc(Cl)c(C(=O)C(C)(C)c2ccccc2)cc1C. The Kier molecular flexibility index (Phi) is 4.01. The highest BCUT2D eigenvalue weighted by molar-refractivity contribution is 6.34. The van der Waals surface area contributed by atoms with Crippen LogP contribution in [0.4, 0.5) is 0 Å². The Labute approximate surface area is 125 Å². The van der Waals surface area contributed by atoms with Gasteiger partial charge < -0.3 is 0 Å². The molecule has 2 heteroatoms. The summed E-state index contributed by atoms with van der Waals surface area (Å²) in [4.78, 5) is 12.9. The van der Waals surface area contributed by atoms with E-state index in [1.165, 1.54) is 0 Å². The van der Waals surface area contributed by atoms with Crippen molar-refractivity contribution in [1.29, 1.82) is 0 Å². The molecule has 0 N–H and O–H groups in total. The lowest BCUT2D eigenvalue weighted by atomic mass is 9.77. The molecule has 1 nitrogen and oxygen atoms in total. The Morgan fingerprint density at radius 1 is 1.00 bits per heavy atom. The summed E-state index contributed by atoms with van der Waals surface area (Å²) in [5.41, 5.74) is 3.20. The van der Waals surface area contributed by atoms with Crippen molar-refractivity contribution >= 4 is 17.4 Å². The van der Waals surface area contributed by atoms with Gasteiger partial charge in [0.2, 0.25) is 0 Å².